The molecule has 0 aromatic rings. The third kappa shape index (κ3) is 4.56. The average Bonchev–Trinajstić information content (AvgIpc) is 1.98. The third-order valence-electron chi connectivity index (χ3n) is 1.28. The smallest absolute Gasteiger partial charge is 0.322 e. The van der Waals surface area contributed by atoms with Crippen molar-refractivity contribution in [3.8, 4) is 0 Å². The highest BCUT2D eigenvalue weighted by Crippen LogP contribution is 1.97. The Kier molecular flexibility index (Phi) is 4.54. The van der Waals surface area contributed by atoms with Gasteiger partial charge in [-0.05, 0) is 20.3 Å². The Bertz CT molecular complexity index is 159. The van der Waals surface area contributed by atoms with Gasteiger partial charge in [0.15, 0.2) is 0 Å². The van der Waals surface area contributed by atoms with Crippen molar-refractivity contribution in [3.05, 3.63) is 11.6 Å². The summed E-state index contributed by atoms with van der Waals surface area (Å²) in [6.07, 6.45) is 2.47. The summed E-state index contributed by atoms with van der Waals surface area (Å²) in [5.74, 6) is -0.359. The van der Waals surface area contributed by atoms with E-state index in [9.17, 15) is 4.79 Å². The maximum absolute atomic E-state index is 10.7. The molecule has 11 heavy (non-hydrogen) atoms. The van der Waals surface area contributed by atoms with Crippen molar-refractivity contribution in [3.63, 3.8) is 0 Å². The van der Waals surface area contributed by atoms with Gasteiger partial charge in [0.2, 0.25) is 0 Å². The van der Waals surface area contributed by atoms with E-state index in [1.807, 2.05) is 19.9 Å². The van der Waals surface area contributed by atoms with Gasteiger partial charge in [0.1, 0.15) is 6.04 Å². The predicted octanol–water partition coefficient (Wildman–Crippen LogP) is 0.843. The SMILES string of the molecule is COC(=O)[C@@H](N)CC=C(C)C. The van der Waals surface area contributed by atoms with Crippen LogP contribution in [0.4, 0.5) is 0 Å². The number of esters is 1. The lowest BCUT2D eigenvalue weighted by molar-refractivity contribution is -0.142. The molecule has 0 aliphatic rings. The molecule has 0 aromatic heterocycles. The molecule has 0 rings (SSSR count). The van der Waals surface area contributed by atoms with Crippen LogP contribution in [-0.2, 0) is 9.53 Å². The predicted molar refractivity (Wildman–Crippen MR) is 44.0 cm³/mol. The molecular formula is C8H15NO2. The number of carbonyl (C=O) groups excluding carboxylic acids is 1. The monoisotopic (exact) mass is 157 g/mol. The number of allylic oxidation sites excluding steroid dienone is 1. The zero-order valence-corrected chi connectivity index (χ0v) is 7.26. The van der Waals surface area contributed by atoms with Gasteiger partial charge in [0.25, 0.3) is 0 Å². The van der Waals surface area contributed by atoms with Crippen LogP contribution < -0.4 is 5.73 Å². The molecule has 64 valence electrons. The molecule has 2 N–H and O–H groups in total. The summed E-state index contributed by atoms with van der Waals surface area (Å²) >= 11 is 0. The van der Waals surface area contributed by atoms with E-state index in [4.69, 9.17) is 5.73 Å². The van der Waals surface area contributed by atoms with E-state index in [1.165, 1.54) is 7.11 Å². The highest BCUT2D eigenvalue weighted by atomic mass is 16.5. The van der Waals surface area contributed by atoms with Crippen molar-refractivity contribution >= 4 is 5.97 Å². The van der Waals surface area contributed by atoms with E-state index in [-0.39, 0.29) is 5.97 Å². The lowest BCUT2D eigenvalue weighted by Gasteiger charge is -2.05. The fraction of sp³-hybridized carbons (Fsp3) is 0.625. The zero-order valence-electron chi connectivity index (χ0n) is 7.26. The fourth-order valence-electron chi connectivity index (χ4n) is 0.610. The van der Waals surface area contributed by atoms with Gasteiger partial charge >= 0.3 is 5.97 Å². The molecule has 0 aromatic carbocycles. The molecule has 1 atom stereocenters. The zero-order chi connectivity index (χ0) is 8.85. The highest BCUT2D eigenvalue weighted by molar-refractivity contribution is 5.75. The first kappa shape index (κ1) is 10.2. The molecule has 0 unspecified atom stereocenters. The molecule has 0 saturated heterocycles. The van der Waals surface area contributed by atoms with Crippen molar-refractivity contribution in [1.29, 1.82) is 0 Å². The van der Waals surface area contributed by atoms with Crippen molar-refractivity contribution < 1.29 is 9.53 Å². The Balaban J connectivity index is 3.78. The van der Waals surface area contributed by atoms with E-state index in [0.29, 0.717) is 6.42 Å². The van der Waals surface area contributed by atoms with Crippen LogP contribution in [0.3, 0.4) is 0 Å². The third-order valence-corrected chi connectivity index (χ3v) is 1.28. The van der Waals surface area contributed by atoms with E-state index >= 15 is 0 Å². The first-order valence-corrected chi connectivity index (χ1v) is 3.54. The molecule has 0 radical (unpaired) electrons. The number of nitrogens with two attached hydrogens (primary N) is 1. The summed E-state index contributed by atoms with van der Waals surface area (Å²) in [6, 6.07) is -0.519. The van der Waals surface area contributed by atoms with Crippen LogP contribution in [0, 0.1) is 0 Å². The fourth-order valence-corrected chi connectivity index (χ4v) is 0.610. The first-order chi connectivity index (χ1) is 5.07. The van der Waals surface area contributed by atoms with Crippen LogP contribution in [-0.4, -0.2) is 19.1 Å². The van der Waals surface area contributed by atoms with Gasteiger partial charge in [-0.15, -0.1) is 0 Å². The average molecular weight is 157 g/mol. The summed E-state index contributed by atoms with van der Waals surface area (Å²) in [6.45, 7) is 3.92. The van der Waals surface area contributed by atoms with Crippen LogP contribution in [0.5, 0.6) is 0 Å². The molecule has 0 saturated carbocycles. The van der Waals surface area contributed by atoms with E-state index < -0.39 is 6.04 Å². The lowest BCUT2D eigenvalue weighted by Crippen LogP contribution is -2.30. The van der Waals surface area contributed by atoms with Crippen molar-refractivity contribution in [1.82, 2.24) is 0 Å². The van der Waals surface area contributed by atoms with Gasteiger partial charge in [0.05, 0.1) is 7.11 Å². The molecule has 0 aliphatic heterocycles. The minimum Gasteiger partial charge on any atom is -0.468 e. The molecular weight excluding hydrogens is 142 g/mol. The van der Waals surface area contributed by atoms with Crippen molar-refractivity contribution in [2.45, 2.75) is 26.3 Å². The number of hydrogen-bond donors (Lipinski definition) is 1. The van der Waals surface area contributed by atoms with Gasteiger partial charge < -0.3 is 10.5 Å². The minimum absolute atomic E-state index is 0.359. The highest BCUT2D eigenvalue weighted by Gasteiger charge is 2.10. The van der Waals surface area contributed by atoms with E-state index in [1.54, 1.807) is 0 Å². The number of methoxy groups -OCH3 is 1. The van der Waals surface area contributed by atoms with Gasteiger partial charge in [-0.25, -0.2) is 0 Å². The van der Waals surface area contributed by atoms with Crippen molar-refractivity contribution in [2.24, 2.45) is 5.73 Å². The van der Waals surface area contributed by atoms with Crippen molar-refractivity contribution in [2.75, 3.05) is 7.11 Å². The van der Waals surface area contributed by atoms with Gasteiger partial charge in [-0.2, -0.15) is 0 Å². The quantitative estimate of drug-likeness (QED) is 0.488. The largest absolute Gasteiger partial charge is 0.468 e. The second-order valence-electron chi connectivity index (χ2n) is 2.65. The molecule has 0 aliphatic carbocycles. The second kappa shape index (κ2) is 4.91. The second-order valence-corrected chi connectivity index (χ2v) is 2.65. The standard InChI is InChI=1S/C8H15NO2/c1-6(2)4-5-7(9)8(10)11-3/h4,7H,5,9H2,1-3H3/t7-/m0/s1. The summed E-state index contributed by atoms with van der Waals surface area (Å²) < 4.78 is 4.45. The van der Waals surface area contributed by atoms with Crippen LogP contribution >= 0.6 is 0 Å². The Morgan fingerprint density at radius 1 is 1.64 bits per heavy atom. The molecule has 0 fully saturated rings. The number of hydrogen-bond acceptors (Lipinski definition) is 3. The Morgan fingerprint density at radius 2 is 2.18 bits per heavy atom. The molecule has 0 spiro atoms. The summed E-state index contributed by atoms with van der Waals surface area (Å²) in [4.78, 5) is 10.7. The van der Waals surface area contributed by atoms with Gasteiger partial charge in [-0.3, -0.25) is 4.79 Å². The van der Waals surface area contributed by atoms with Crippen LogP contribution in [0.2, 0.25) is 0 Å². The summed E-state index contributed by atoms with van der Waals surface area (Å²) in [5.41, 5.74) is 6.61. The molecule has 0 amide bonds. The van der Waals surface area contributed by atoms with Crippen LogP contribution in [0.15, 0.2) is 11.6 Å². The Hall–Kier alpha value is -0.830. The molecule has 0 bridgehead atoms. The Morgan fingerprint density at radius 3 is 2.55 bits per heavy atom. The number of ether oxygens (including phenoxy) is 1. The van der Waals surface area contributed by atoms with Gasteiger partial charge in [-0.1, -0.05) is 11.6 Å². The molecule has 3 heteroatoms. The molecule has 0 heterocycles. The Labute approximate surface area is 67.2 Å². The van der Waals surface area contributed by atoms with E-state index in [0.717, 1.165) is 5.57 Å². The minimum atomic E-state index is -0.519. The topological polar surface area (TPSA) is 52.3 Å². The van der Waals surface area contributed by atoms with Gasteiger partial charge in [0, 0.05) is 0 Å². The first-order valence-electron chi connectivity index (χ1n) is 3.54. The van der Waals surface area contributed by atoms with E-state index in [2.05, 4.69) is 4.74 Å². The maximum atomic E-state index is 10.7. The normalized spacial score (nSPS) is 12.0. The maximum Gasteiger partial charge on any atom is 0.322 e. The van der Waals surface area contributed by atoms with Crippen LogP contribution in [0.25, 0.3) is 0 Å². The lowest BCUT2D eigenvalue weighted by atomic mass is 10.2. The summed E-state index contributed by atoms with van der Waals surface area (Å²) in [7, 11) is 1.34. The van der Waals surface area contributed by atoms with Crippen LogP contribution in [0.1, 0.15) is 20.3 Å². The number of carbonyl (C=O) groups is 1. The summed E-state index contributed by atoms with van der Waals surface area (Å²) in [5, 5.41) is 0. The number of rotatable bonds is 3. The molecule has 3 nitrogen and oxygen atoms in total.